The first-order chi connectivity index (χ1) is 4.39. The van der Waals surface area contributed by atoms with Crippen LogP contribution in [0.1, 0.15) is 13.8 Å². The van der Waals surface area contributed by atoms with Crippen molar-refractivity contribution in [2.24, 2.45) is 0 Å². The van der Waals surface area contributed by atoms with Crippen LogP contribution >= 0.6 is 38.8 Å². The van der Waals surface area contributed by atoms with Gasteiger partial charge in [-0.1, -0.05) is 0 Å². The van der Waals surface area contributed by atoms with Gasteiger partial charge in [-0.15, -0.1) is 0 Å². The summed E-state index contributed by atoms with van der Waals surface area (Å²) in [6.45, 7) is 4.17. The van der Waals surface area contributed by atoms with Crippen molar-refractivity contribution in [3.05, 3.63) is 0 Å². The van der Waals surface area contributed by atoms with Crippen molar-refractivity contribution in [2.75, 3.05) is 13.2 Å². The van der Waals surface area contributed by atoms with Crippen LogP contribution in [0.3, 0.4) is 0 Å². The first-order valence-corrected chi connectivity index (χ1v) is 7.65. The van der Waals surface area contributed by atoms with E-state index in [1.54, 1.807) is 13.8 Å². The molecule has 0 spiro atoms. The van der Waals surface area contributed by atoms with E-state index in [0.717, 1.165) is 0 Å². The molecular weight excluding hydrogens is 217 g/mol. The van der Waals surface area contributed by atoms with E-state index in [1.165, 1.54) is 0 Å². The Morgan fingerprint density at radius 3 is 1.50 bits per heavy atom. The zero-order valence-corrected chi connectivity index (χ0v) is 8.97. The Morgan fingerprint density at radius 2 is 1.30 bits per heavy atom. The molecule has 0 aromatic carbocycles. The van der Waals surface area contributed by atoms with E-state index in [2.05, 4.69) is 0 Å². The quantitative estimate of drug-likeness (QED) is 0.678. The molecule has 0 atom stereocenters. The predicted molar refractivity (Wildman–Crippen MR) is 47.7 cm³/mol. The first kappa shape index (κ1) is 11.2. The summed E-state index contributed by atoms with van der Waals surface area (Å²) >= 11 is 16.8. The van der Waals surface area contributed by atoms with Gasteiger partial charge >= 0.3 is 74.9 Å². The normalized spacial score (nSPS) is 16.3. The fourth-order valence-corrected chi connectivity index (χ4v) is 3.06. The summed E-state index contributed by atoms with van der Waals surface area (Å²) in [5.74, 6) is 0. The zero-order chi connectivity index (χ0) is 8.28. The maximum absolute atomic E-state index is 5.61. The van der Waals surface area contributed by atoms with Crippen LogP contribution in [-0.2, 0) is 9.05 Å². The molecule has 0 unspecified atom stereocenters. The van der Waals surface area contributed by atoms with Crippen molar-refractivity contribution in [1.29, 1.82) is 0 Å². The SMILES string of the molecule is CCOP(Cl)(Cl)(Cl)OCC. The Balaban J connectivity index is 3.97. The van der Waals surface area contributed by atoms with E-state index in [0.29, 0.717) is 13.2 Å². The second-order valence-corrected chi connectivity index (χ2v) is 10.5. The van der Waals surface area contributed by atoms with E-state index in [-0.39, 0.29) is 0 Å². The van der Waals surface area contributed by atoms with E-state index in [4.69, 9.17) is 42.8 Å². The molecule has 0 aliphatic heterocycles. The second kappa shape index (κ2) is 3.75. The summed E-state index contributed by atoms with van der Waals surface area (Å²) in [5.41, 5.74) is 0. The number of hydrogen-bond acceptors (Lipinski definition) is 2. The minimum atomic E-state index is -3.74. The molecule has 0 saturated heterocycles. The molecule has 64 valence electrons. The Morgan fingerprint density at radius 1 is 1.00 bits per heavy atom. The average molecular weight is 227 g/mol. The fraction of sp³-hybridized carbons (Fsp3) is 1.00. The van der Waals surface area contributed by atoms with Gasteiger partial charge in [0, 0.05) is 0 Å². The molecule has 10 heavy (non-hydrogen) atoms. The number of halogens is 3. The first-order valence-electron chi connectivity index (χ1n) is 2.86. The molecule has 0 aromatic heterocycles. The third-order valence-corrected chi connectivity index (χ3v) is 3.73. The topological polar surface area (TPSA) is 18.5 Å². The van der Waals surface area contributed by atoms with Crippen molar-refractivity contribution in [3.8, 4) is 0 Å². The monoisotopic (exact) mass is 226 g/mol. The summed E-state index contributed by atoms with van der Waals surface area (Å²) in [6, 6.07) is 0. The van der Waals surface area contributed by atoms with Crippen LogP contribution in [0, 0.1) is 0 Å². The van der Waals surface area contributed by atoms with Crippen molar-refractivity contribution in [1.82, 2.24) is 0 Å². The molecule has 0 rings (SSSR count). The Kier molecular flexibility index (Phi) is 4.21. The maximum atomic E-state index is 5.61. The Labute approximate surface area is 75.2 Å². The number of rotatable bonds is 4. The van der Waals surface area contributed by atoms with Gasteiger partial charge in [0.05, 0.1) is 0 Å². The summed E-state index contributed by atoms with van der Waals surface area (Å²) in [4.78, 5) is 0. The van der Waals surface area contributed by atoms with Crippen molar-refractivity contribution < 1.29 is 9.05 Å². The average Bonchev–Trinajstić information content (AvgIpc) is 1.61. The van der Waals surface area contributed by atoms with E-state index in [9.17, 15) is 0 Å². The van der Waals surface area contributed by atoms with Gasteiger partial charge in [0.1, 0.15) is 0 Å². The van der Waals surface area contributed by atoms with Gasteiger partial charge in [-0.3, -0.25) is 0 Å². The molecular formula is C4H10Cl3O2P. The molecule has 0 saturated carbocycles. The van der Waals surface area contributed by atoms with Gasteiger partial charge in [-0.25, -0.2) is 0 Å². The third kappa shape index (κ3) is 4.95. The predicted octanol–water partition coefficient (Wildman–Crippen LogP) is 3.90. The second-order valence-electron chi connectivity index (χ2n) is 1.52. The van der Waals surface area contributed by atoms with Gasteiger partial charge in [0.2, 0.25) is 0 Å². The van der Waals surface area contributed by atoms with Crippen LogP contribution in [0.4, 0.5) is 0 Å². The molecule has 0 aliphatic carbocycles. The zero-order valence-electron chi connectivity index (χ0n) is 5.81. The molecule has 0 bridgehead atoms. The van der Waals surface area contributed by atoms with Gasteiger partial charge in [-0.05, 0) is 0 Å². The molecule has 0 heterocycles. The van der Waals surface area contributed by atoms with Crippen molar-refractivity contribution in [2.45, 2.75) is 13.8 Å². The summed E-state index contributed by atoms with van der Waals surface area (Å²) in [5, 5.41) is -3.74. The van der Waals surface area contributed by atoms with E-state index in [1.807, 2.05) is 0 Å². The van der Waals surface area contributed by atoms with Crippen LogP contribution < -0.4 is 0 Å². The molecule has 0 aliphatic rings. The van der Waals surface area contributed by atoms with Crippen LogP contribution in [0.2, 0.25) is 0 Å². The van der Waals surface area contributed by atoms with Gasteiger partial charge < -0.3 is 0 Å². The molecule has 2 nitrogen and oxygen atoms in total. The minimum absolute atomic E-state index is 0.342. The van der Waals surface area contributed by atoms with E-state index < -0.39 is 5.12 Å². The molecule has 0 amide bonds. The summed E-state index contributed by atoms with van der Waals surface area (Å²) < 4.78 is 9.72. The Hall–Kier alpha value is 1.22. The standard InChI is InChI=1S/C4H10Cl3O2P/c1-3-8-10(5,6,7)9-4-2/h3-4H2,1-2H3. The van der Waals surface area contributed by atoms with Crippen molar-refractivity contribution in [3.63, 3.8) is 0 Å². The van der Waals surface area contributed by atoms with Gasteiger partial charge in [-0.2, -0.15) is 0 Å². The van der Waals surface area contributed by atoms with Crippen molar-refractivity contribution >= 4 is 38.8 Å². The molecule has 0 fully saturated rings. The molecule has 0 aromatic rings. The molecule has 0 N–H and O–H groups in total. The van der Waals surface area contributed by atoms with Gasteiger partial charge in [0.15, 0.2) is 0 Å². The third-order valence-electron chi connectivity index (χ3n) is 0.656. The molecule has 0 radical (unpaired) electrons. The number of hydrogen-bond donors (Lipinski definition) is 0. The molecule has 6 heteroatoms. The summed E-state index contributed by atoms with van der Waals surface area (Å²) in [6.07, 6.45) is 0. The van der Waals surface area contributed by atoms with E-state index >= 15 is 0 Å². The fourth-order valence-electron chi connectivity index (χ4n) is 0.435. The summed E-state index contributed by atoms with van der Waals surface area (Å²) in [7, 11) is 0. The van der Waals surface area contributed by atoms with Crippen LogP contribution in [-0.4, -0.2) is 13.2 Å². The van der Waals surface area contributed by atoms with Crippen LogP contribution in [0.25, 0.3) is 0 Å². The Bertz CT molecular complexity index is 101. The van der Waals surface area contributed by atoms with Crippen LogP contribution in [0.15, 0.2) is 0 Å². The van der Waals surface area contributed by atoms with Crippen LogP contribution in [0.5, 0.6) is 0 Å². The van der Waals surface area contributed by atoms with Gasteiger partial charge in [0.25, 0.3) is 0 Å².